The third kappa shape index (κ3) is 3.45. The van der Waals surface area contributed by atoms with Gasteiger partial charge in [0.2, 0.25) is 5.91 Å². The lowest BCUT2D eigenvalue weighted by molar-refractivity contribution is -0.126. The van der Waals surface area contributed by atoms with Crippen LogP contribution in [0, 0.1) is 11.8 Å². The van der Waals surface area contributed by atoms with Crippen LogP contribution in [0.4, 0.5) is 0 Å². The summed E-state index contributed by atoms with van der Waals surface area (Å²) in [6.45, 7) is 0.881. The van der Waals surface area contributed by atoms with Crippen molar-refractivity contribution in [2.24, 2.45) is 17.6 Å². The zero-order valence-electron chi connectivity index (χ0n) is 11.2. The van der Waals surface area contributed by atoms with Crippen molar-refractivity contribution in [1.29, 1.82) is 0 Å². The molecule has 2 rings (SSSR count). The van der Waals surface area contributed by atoms with E-state index in [9.17, 15) is 9.90 Å². The molecule has 0 bridgehead atoms. The van der Waals surface area contributed by atoms with Crippen molar-refractivity contribution in [2.75, 3.05) is 13.2 Å². The Balaban J connectivity index is 1.70. The second kappa shape index (κ2) is 6.02. The van der Waals surface area contributed by atoms with Crippen molar-refractivity contribution in [3.8, 4) is 0 Å². The Hall–Kier alpha value is -0.610. The fraction of sp³-hybridized carbons (Fsp3) is 0.929. The van der Waals surface area contributed by atoms with Crippen LogP contribution in [0.1, 0.15) is 51.4 Å². The van der Waals surface area contributed by atoms with Gasteiger partial charge in [-0.25, -0.2) is 0 Å². The standard InChI is InChI=1S/C14H26N2O2/c15-14(10-17)7-5-12(6-8-14)13(18)16-9-11-3-1-2-4-11/h11-12,17H,1-10,15H2,(H,16,18). The summed E-state index contributed by atoms with van der Waals surface area (Å²) in [5.74, 6) is 1.00. The van der Waals surface area contributed by atoms with Crippen molar-refractivity contribution >= 4 is 5.91 Å². The Labute approximate surface area is 109 Å². The van der Waals surface area contributed by atoms with Crippen LogP contribution >= 0.6 is 0 Å². The van der Waals surface area contributed by atoms with Gasteiger partial charge >= 0.3 is 0 Å². The molecule has 4 nitrogen and oxygen atoms in total. The smallest absolute Gasteiger partial charge is 0.223 e. The van der Waals surface area contributed by atoms with Gasteiger partial charge in [-0.15, -0.1) is 0 Å². The maximum atomic E-state index is 12.0. The summed E-state index contributed by atoms with van der Waals surface area (Å²) in [5.41, 5.74) is 5.57. The lowest BCUT2D eigenvalue weighted by Crippen LogP contribution is -2.48. The summed E-state index contributed by atoms with van der Waals surface area (Å²) in [6, 6.07) is 0. The molecule has 0 aliphatic heterocycles. The Kier molecular flexibility index (Phi) is 4.62. The summed E-state index contributed by atoms with van der Waals surface area (Å²) in [4.78, 5) is 12.0. The van der Waals surface area contributed by atoms with Crippen molar-refractivity contribution in [3.05, 3.63) is 0 Å². The highest BCUT2D eigenvalue weighted by Crippen LogP contribution is 2.30. The molecule has 0 heterocycles. The summed E-state index contributed by atoms with van der Waals surface area (Å²) in [5, 5.41) is 12.3. The fourth-order valence-electron chi connectivity index (χ4n) is 3.22. The van der Waals surface area contributed by atoms with Gasteiger partial charge in [-0.1, -0.05) is 12.8 Å². The van der Waals surface area contributed by atoms with Crippen LogP contribution < -0.4 is 11.1 Å². The minimum atomic E-state index is -0.442. The molecule has 0 unspecified atom stereocenters. The first kappa shape index (κ1) is 13.8. The molecule has 0 saturated heterocycles. The zero-order valence-corrected chi connectivity index (χ0v) is 11.2. The first-order chi connectivity index (χ1) is 8.63. The average Bonchev–Trinajstić information content (AvgIpc) is 2.90. The van der Waals surface area contributed by atoms with E-state index in [1.165, 1.54) is 25.7 Å². The van der Waals surface area contributed by atoms with Crippen molar-refractivity contribution in [1.82, 2.24) is 5.32 Å². The van der Waals surface area contributed by atoms with Gasteiger partial charge in [-0.3, -0.25) is 4.79 Å². The second-order valence-electron chi connectivity index (χ2n) is 6.19. The van der Waals surface area contributed by atoms with Crippen LogP contribution in [0.15, 0.2) is 0 Å². The van der Waals surface area contributed by atoms with Gasteiger partial charge in [0.1, 0.15) is 0 Å². The summed E-state index contributed by atoms with van der Waals surface area (Å²) in [7, 11) is 0. The largest absolute Gasteiger partial charge is 0.394 e. The molecule has 0 radical (unpaired) electrons. The molecule has 0 aromatic rings. The number of aliphatic hydroxyl groups is 1. The van der Waals surface area contributed by atoms with E-state index < -0.39 is 5.54 Å². The van der Waals surface area contributed by atoms with Crippen molar-refractivity contribution in [2.45, 2.75) is 56.9 Å². The summed E-state index contributed by atoms with van der Waals surface area (Å²) in [6.07, 6.45) is 8.30. The number of hydrogen-bond acceptors (Lipinski definition) is 3. The van der Waals surface area contributed by atoms with Crippen molar-refractivity contribution in [3.63, 3.8) is 0 Å². The highest BCUT2D eigenvalue weighted by atomic mass is 16.3. The maximum Gasteiger partial charge on any atom is 0.223 e. The molecular weight excluding hydrogens is 228 g/mol. The zero-order chi connectivity index (χ0) is 13.0. The topological polar surface area (TPSA) is 75.3 Å². The number of carbonyl (C=O) groups excluding carboxylic acids is 1. The molecule has 104 valence electrons. The first-order valence-corrected chi connectivity index (χ1v) is 7.30. The van der Waals surface area contributed by atoms with E-state index in [0.717, 1.165) is 32.2 Å². The molecule has 2 saturated carbocycles. The SMILES string of the molecule is NC1(CO)CCC(C(=O)NCC2CCCC2)CC1. The molecule has 4 heteroatoms. The van der Waals surface area contributed by atoms with Gasteiger partial charge in [0.15, 0.2) is 0 Å². The fourth-order valence-corrected chi connectivity index (χ4v) is 3.22. The third-order valence-electron chi connectivity index (χ3n) is 4.71. The van der Waals surface area contributed by atoms with Crippen molar-refractivity contribution < 1.29 is 9.90 Å². The normalized spacial score (nSPS) is 33.6. The third-order valence-corrected chi connectivity index (χ3v) is 4.71. The molecule has 0 aromatic carbocycles. The lowest BCUT2D eigenvalue weighted by atomic mass is 9.77. The predicted molar refractivity (Wildman–Crippen MR) is 70.9 cm³/mol. The molecule has 2 aliphatic rings. The van der Waals surface area contributed by atoms with Gasteiger partial charge in [-0.2, -0.15) is 0 Å². The summed E-state index contributed by atoms with van der Waals surface area (Å²) < 4.78 is 0. The average molecular weight is 254 g/mol. The van der Waals surface area contributed by atoms with Crippen LogP contribution in [-0.4, -0.2) is 29.7 Å². The minimum absolute atomic E-state index is 0.0312. The number of nitrogens with one attached hydrogen (secondary N) is 1. The van der Waals surface area contributed by atoms with Crippen LogP contribution in [0.3, 0.4) is 0 Å². The molecule has 0 atom stereocenters. The lowest BCUT2D eigenvalue weighted by Gasteiger charge is -2.35. The maximum absolute atomic E-state index is 12.0. The molecule has 4 N–H and O–H groups in total. The van der Waals surface area contributed by atoms with E-state index >= 15 is 0 Å². The molecule has 0 aromatic heterocycles. The molecule has 2 fully saturated rings. The van der Waals surface area contributed by atoms with Gasteiger partial charge in [0, 0.05) is 18.0 Å². The van der Waals surface area contributed by atoms with E-state index in [0.29, 0.717) is 5.92 Å². The van der Waals surface area contributed by atoms with Gasteiger partial charge in [0.05, 0.1) is 6.61 Å². The Morgan fingerprint density at radius 3 is 2.39 bits per heavy atom. The minimum Gasteiger partial charge on any atom is -0.394 e. The van der Waals surface area contributed by atoms with E-state index in [1.807, 2.05) is 0 Å². The summed E-state index contributed by atoms with van der Waals surface area (Å²) >= 11 is 0. The van der Waals surface area contributed by atoms with Crippen LogP contribution in [0.5, 0.6) is 0 Å². The molecule has 1 amide bonds. The second-order valence-corrected chi connectivity index (χ2v) is 6.19. The number of nitrogens with two attached hydrogens (primary N) is 1. The van der Waals surface area contributed by atoms with Crippen LogP contribution in [0.2, 0.25) is 0 Å². The van der Waals surface area contributed by atoms with E-state index in [1.54, 1.807) is 0 Å². The Morgan fingerprint density at radius 2 is 1.83 bits per heavy atom. The number of amides is 1. The number of carbonyl (C=O) groups is 1. The number of rotatable bonds is 4. The highest BCUT2D eigenvalue weighted by molar-refractivity contribution is 5.78. The van der Waals surface area contributed by atoms with E-state index in [-0.39, 0.29) is 18.4 Å². The van der Waals surface area contributed by atoms with Gasteiger partial charge < -0.3 is 16.2 Å². The van der Waals surface area contributed by atoms with E-state index in [4.69, 9.17) is 5.73 Å². The Morgan fingerprint density at radius 1 is 1.22 bits per heavy atom. The predicted octanol–water partition coefficient (Wildman–Crippen LogP) is 1.17. The van der Waals surface area contributed by atoms with Crippen LogP contribution in [-0.2, 0) is 4.79 Å². The number of aliphatic hydroxyl groups excluding tert-OH is 1. The van der Waals surface area contributed by atoms with Gasteiger partial charge in [0.25, 0.3) is 0 Å². The monoisotopic (exact) mass is 254 g/mol. The molecule has 0 spiro atoms. The first-order valence-electron chi connectivity index (χ1n) is 7.30. The highest BCUT2D eigenvalue weighted by Gasteiger charge is 2.33. The molecule has 2 aliphatic carbocycles. The quantitative estimate of drug-likeness (QED) is 0.705. The van der Waals surface area contributed by atoms with E-state index in [2.05, 4.69) is 5.32 Å². The molecule has 18 heavy (non-hydrogen) atoms. The Bertz CT molecular complexity index is 280. The molecular formula is C14H26N2O2. The van der Waals surface area contributed by atoms with Gasteiger partial charge in [-0.05, 0) is 44.4 Å². The van der Waals surface area contributed by atoms with Crippen LogP contribution in [0.25, 0.3) is 0 Å². The number of hydrogen-bond donors (Lipinski definition) is 3.